The van der Waals surface area contributed by atoms with Gasteiger partial charge >= 0.3 is 11.9 Å². The Kier molecular flexibility index (Phi) is 15.3. The Hall–Kier alpha value is -2.52. The van der Waals surface area contributed by atoms with Crippen molar-refractivity contribution < 1.29 is 19.1 Å². The molecule has 0 spiro atoms. The highest BCUT2D eigenvalue weighted by Crippen LogP contribution is 2.47. The minimum atomic E-state index is -0.777. The van der Waals surface area contributed by atoms with Crippen molar-refractivity contribution >= 4 is 11.9 Å². The molecule has 8 N–H and O–H groups in total. The van der Waals surface area contributed by atoms with Gasteiger partial charge in [0.25, 0.3) is 0 Å². The van der Waals surface area contributed by atoms with Gasteiger partial charge in [-0.3, -0.25) is 0 Å². The first-order valence-corrected chi connectivity index (χ1v) is 15.5. The van der Waals surface area contributed by atoms with Crippen LogP contribution >= 0.6 is 0 Å². The molecule has 0 saturated heterocycles. The first-order valence-electron chi connectivity index (χ1n) is 15.5. The smallest absolute Gasteiger partial charge is 0.328 e. The fourth-order valence-electron chi connectivity index (χ4n) is 5.40. The molecule has 4 atom stereocenters. The fraction of sp³-hybridized carbons (Fsp3) is 0.636. The van der Waals surface area contributed by atoms with E-state index in [0.717, 1.165) is 75.3 Å². The van der Waals surface area contributed by atoms with Gasteiger partial charge in [0.15, 0.2) is 0 Å². The minimum Gasteiger partial charge on any atom is -0.425 e. The fourth-order valence-corrected chi connectivity index (χ4v) is 5.40. The Morgan fingerprint density at radius 1 is 0.927 bits per heavy atom. The van der Waals surface area contributed by atoms with E-state index in [1.54, 1.807) is 0 Å². The molecular weight excluding hydrogens is 516 g/mol. The average Bonchev–Trinajstić information content (AvgIpc) is 2.93. The Morgan fingerprint density at radius 3 is 1.93 bits per heavy atom. The molecule has 0 bridgehead atoms. The molecule has 41 heavy (non-hydrogen) atoms. The van der Waals surface area contributed by atoms with Crippen LogP contribution in [0.4, 0.5) is 0 Å². The summed E-state index contributed by atoms with van der Waals surface area (Å²) in [5.41, 5.74) is 27.6. The van der Waals surface area contributed by atoms with E-state index < -0.39 is 24.0 Å². The number of aryl methyl sites for hydroxylation is 1. The summed E-state index contributed by atoms with van der Waals surface area (Å²) in [5.74, 6) is -0.323. The number of rotatable bonds is 18. The topological polar surface area (TPSA) is 157 Å². The summed E-state index contributed by atoms with van der Waals surface area (Å²) in [5, 5.41) is 0. The number of unbranched alkanes of at least 4 members (excludes halogenated alkanes) is 4. The molecule has 0 saturated carbocycles. The summed E-state index contributed by atoms with van der Waals surface area (Å²) in [4.78, 5) is 26.5. The second-order valence-corrected chi connectivity index (χ2v) is 11.6. The molecule has 0 aliphatic heterocycles. The highest BCUT2D eigenvalue weighted by molar-refractivity contribution is 5.81. The van der Waals surface area contributed by atoms with Crippen LogP contribution < -0.4 is 32.4 Å². The predicted molar refractivity (Wildman–Crippen MR) is 167 cm³/mol. The average molecular weight is 571 g/mol. The summed E-state index contributed by atoms with van der Waals surface area (Å²) in [6.07, 6.45) is 11.9. The van der Waals surface area contributed by atoms with Crippen molar-refractivity contribution in [3.63, 3.8) is 0 Å². The SMILES string of the molecule is C=C(C)[C@@H]1CCC(C)=C[C@H]1c1c(OC(=O)[C@@H](N)CCCCN)cc(CCCCC)cc1OC(=O)[C@@H](N)CCCCN. The van der Waals surface area contributed by atoms with Crippen molar-refractivity contribution in [2.75, 3.05) is 13.1 Å². The van der Waals surface area contributed by atoms with Crippen molar-refractivity contribution in [3.8, 4) is 11.5 Å². The zero-order valence-corrected chi connectivity index (χ0v) is 25.6. The molecule has 2 rings (SSSR count). The van der Waals surface area contributed by atoms with E-state index in [4.69, 9.17) is 32.4 Å². The summed E-state index contributed by atoms with van der Waals surface area (Å²) in [6, 6.07) is 2.28. The lowest BCUT2D eigenvalue weighted by Gasteiger charge is -2.33. The largest absolute Gasteiger partial charge is 0.425 e. The van der Waals surface area contributed by atoms with E-state index in [1.165, 1.54) is 5.57 Å². The molecule has 230 valence electrons. The van der Waals surface area contributed by atoms with Gasteiger partial charge in [-0.2, -0.15) is 0 Å². The van der Waals surface area contributed by atoms with Crippen LogP contribution in [0.3, 0.4) is 0 Å². The number of ether oxygens (including phenoxy) is 2. The lowest BCUT2D eigenvalue weighted by Crippen LogP contribution is -2.35. The molecule has 1 aliphatic carbocycles. The number of nitrogens with two attached hydrogens (primary N) is 4. The van der Waals surface area contributed by atoms with Gasteiger partial charge in [0.1, 0.15) is 23.6 Å². The zero-order chi connectivity index (χ0) is 30.4. The maximum Gasteiger partial charge on any atom is 0.328 e. The number of carbonyl (C=O) groups is 2. The summed E-state index contributed by atoms with van der Waals surface area (Å²) >= 11 is 0. The van der Waals surface area contributed by atoms with Gasteiger partial charge in [0.2, 0.25) is 0 Å². The molecular formula is C33H54N4O4. The summed E-state index contributed by atoms with van der Waals surface area (Å²) < 4.78 is 12.1. The quantitative estimate of drug-likeness (QED) is 0.0816. The molecule has 0 fully saturated rings. The Labute approximate surface area is 247 Å². The van der Waals surface area contributed by atoms with E-state index in [9.17, 15) is 9.59 Å². The van der Waals surface area contributed by atoms with E-state index in [1.807, 2.05) is 19.1 Å². The first kappa shape index (κ1) is 34.7. The molecule has 0 unspecified atom stereocenters. The van der Waals surface area contributed by atoms with E-state index in [-0.39, 0.29) is 11.8 Å². The third-order valence-electron chi connectivity index (χ3n) is 7.91. The Balaban J connectivity index is 2.61. The maximum absolute atomic E-state index is 13.2. The molecule has 0 radical (unpaired) electrons. The van der Waals surface area contributed by atoms with E-state index in [2.05, 4.69) is 26.5 Å². The summed E-state index contributed by atoms with van der Waals surface area (Å²) in [7, 11) is 0. The van der Waals surface area contributed by atoms with Gasteiger partial charge in [0, 0.05) is 11.5 Å². The molecule has 8 heteroatoms. The van der Waals surface area contributed by atoms with Crippen molar-refractivity contribution in [2.24, 2.45) is 28.9 Å². The van der Waals surface area contributed by atoms with Crippen LogP contribution in [0.5, 0.6) is 11.5 Å². The van der Waals surface area contributed by atoms with Gasteiger partial charge in [-0.05, 0) is 102 Å². The number of hydrogen-bond acceptors (Lipinski definition) is 8. The summed E-state index contributed by atoms with van der Waals surface area (Å²) in [6.45, 7) is 11.6. The van der Waals surface area contributed by atoms with E-state index in [0.29, 0.717) is 43.0 Å². The first-order chi connectivity index (χ1) is 19.6. The normalized spacial score (nSPS) is 18.4. The zero-order valence-electron chi connectivity index (χ0n) is 25.6. The second-order valence-electron chi connectivity index (χ2n) is 11.6. The van der Waals surface area contributed by atoms with Gasteiger partial charge in [-0.25, -0.2) is 9.59 Å². The number of allylic oxidation sites excluding steroid dienone is 3. The third kappa shape index (κ3) is 11.0. The monoisotopic (exact) mass is 570 g/mol. The lowest BCUT2D eigenvalue weighted by molar-refractivity contribution is -0.136. The van der Waals surface area contributed by atoms with Crippen LogP contribution in [0.2, 0.25) is 0 Å². The van der Waals surface area contributed by atoms with Gasteiger partial charge in [0.05, 0.1) is 0 Å². The van der Waals surface area contributed by atoms with Crippen LogP contribution in [-0.4, -0.2) is 37.1 Å². The standard InChI is InChI=1S/C33H54N4O4/c1-5-6-7-12-24-20-29(40-32(38)27(36)13-8-10-17-34)31(26-19-23(4)15-16-25(26)22(2)3)30(21-24)41-33(39)28(37)14-9-11-18-35/h19-21,25-28H,2,5-18,34-37H2,1,3-4H3/t25-,26+,27-,28-/m0/s1. The van der Waals surface area contributed by atoms with Gasteiger partial charge in [-0.1, -0.05) is 56.4 Å². The molecule has 0 amide bonds. The number of benzene rings is 1. The predicted octanol–water partition coefficient (Wildman–Crippen LogP) is 5.16. The number of esters is 2. The molecule has 8 nitrogen and oxygen atoms in total. The maximum atomic E-state index is 13.2. The molecule has 1 aromatic rings. The Bertz CT molecular complexity index is 987. The van der Waals surface area contributed by atoms with Gasteiger partial charge in [-0.15, -0.1) is 0 Å². The van der Waals surface area contributed by atoms with Crippen LogP contribution in [0.25, 0.3) is 0 Å². The van der Waals surface area contributed by atoms with Gasteiger partial charge < -0.3 is 32.4 Å². The van der Waals surface area contributed by atoms with Crippen LogP contribution in [-0.2, 0) is 16.0 Å². The number of carbonyl (C=O) groups excluding carboxylic acids is 2. The van der Waals surface area contributed by atoms with E-state index >= 15 is 0 Å². The molecule has 1 aromatic carbocycles. The van der Waals surface area contributed by atoms with Crippen LogP contribution in [0.1, 0.15) is 108 Å². The highest BCUT2D eigenvalue weighted by atomic mass is 16.5. The highest BCUT2D eigenvalue weighted by Gasteiger charge is 2.33. The van der Waals surface area contributed by atoms with Crippen LogP contribution in [0.15, 0.2) is 35.9 Å². The lowest BCUT2D eigenvalue weighted by atomic mass is 9.73. The second kappa shape index (κ2) is 18.1. The molecule has 0 heterocycles. The molecule has 1 aliphatic rings. The van der Waals surface area contributed by atoms with Crippen LogP contribution in [0, 0.1) is 5.92 Å². The Morgan fingerprint density at radius 2 is 1.46 bits per heavy atom. The third-order valence-corrected chi connectivity index (χ3v) is 7.91. The van der Waals surface area contributed by atoms with Crippen molar-refractivity contribution in [3.05, 3.63) is 47.1 Å². The minimum absolute atomic E-state index is 0.0935. The van der Waals surface area contributed by atoms with Crippen molar-refractivity contribution in [1.82, 2.24) is 0 Å². The van der Waals surface area contributed by atoms with Crippen molar-refractivity contribution in [1.29, 1.82) is 0 Å². The molecule has 0 aromatic heterocycles. The number of hydrogen-bond donors (Lipinski definition) is 4. The van der Waals surface area contributed by atoms with Crippen molar-refractivity contribution in [2.45, 2.75) is 116 Å².